The molecule has 3 nitrogen and oxygen atoms in total. The molecule has 0 aliphatic carbocycles. The van der Waals surface area contributed by atoms with Gasteiger partial charge in [0.05, 0.1) is 5.54 Å². The summed E-state index contributed by atoms with van der Waals surface area (Å²) >= 11 is 0. The Bertz CT molecular complexity index is 165. The molecule has 1 saturated heterocycles. The maximum absolute atomic E-state index is 9.71. The van der Waals surface area contributed by atoms with Gasteiger partial charge < -0.3 is 10.9 Å². The number of rotatable bonds is 0. The molecule has 0 spiro atoms. The Balaban J connectivity index is 2.89. The van der Waals surface area contributed by atoms with Gasteiger partial charge in [-0.05, 0) is 34.1 Å². The molecule has 0 bridgehead atoms. The Morgan fingerprint density at radius 3 is 1.91 bits per heavy atom. The molecule has 3 heteroatoms. The first-order chi connectivity index (χ1) is 4.78. The lowest BCUT2D eigenvalue weighted by Crippen LogP contribution is -2.50. The van der Waals surface area contributed by atoms with E-state index in [1.807, 2.05) is 27.7 Å². The van der Waals surface area contributed by atoms with E-state index in [1.165, 1.54) is 5.06 Å². The van der Waals surface area contributed by atoms with Gasteiger partial charge in [0, 0.05) is 11.6 Å². The molecule has 1 aliphatic rings. The fraction of sp³-hybridized carbons (Fsp3) is 1.00. The second-order valence-corrected chi connectivity index (χ2v) is 4.59. The van der Waals surface area contributed by atoms with Crippen molar-refractivity contribution < 1.29 is 5.21 Å². The zero-order valence-corrected chi connectivity index (χ0v) is 7.76. The quantitative estimate of drug-likeness (QED) is 0.552. The molecule has 0 radical (unpaired) electrons. The zero-order chi connectivity index (χ0) is 8.86. The van der Waals surface area contributed by atoms with E-state index in [4.69, 9.17) is 5.73 Å². The molecule has 1 atom stereocenters. The maximum atomic E-state index is 9.71. The molecule has 66 valence electrons. The van der Waals surface area contributed by atoms with Gasteiger partial charge in [-0.2, -0.15) is 5.06 Å². The topological polar surface area (TPSA) is 49.5 Å². The molecule has 0 aromatic rings. The van der Waals surface area contributed by atoms with Crippen LogP contribution >= 0.6 is 0 Å². The van der Waals surface area contributed by atoms with Gasteiger partial charge >= 0.3 is 0 Å². The number of nitrogens with zero attached hydrogens (tertiary/aromatic N) is 1. The highest BCUT2D eigenvalue weighted by Crippen LogP contribution is 2.37. The summed E-state index contributed by atoms with van der Waals surface area (Å²) in [4.78, 5) is 0. The van der Waals surface area contributed by atoms with E-state index in [0.29, 0.717) is 0 Å². The van der Waals surface area contributed by atoms with Gasteiger partial charge in [-0.15, -0.1) is 0 Å². The van der Waals surface area contributed by atoms with Crippen molar-refractivity contribution in [2.24, 2.45) is 5.73 Å². The lowest BCUT2D eigenvalue weighted by atomic mass is 9.95. The molecular formula is C8H18N2O. The number of hydroxylamine groups is 2. The number of nitrogens with two attached hydrogens (primary N) is 1. The SMILES string of the molecule is CC1(C)CC(N)C(C)(C)N1O. The molecular weight excluding hydrogens is 140 g/mol. The van der Waals surface area contributed by atoms with E-state index in [9.17, 15) is 5.21 Å². The molecule has 0 amide bonds. The Morgan fingerprint density at radius 2 is 1.82 bits per heavy atom. The third-order valence-corrected chi connectivity index (χ3v) is 2.75. The van der Waals surface area contributed by atoms with Crippen LogP contribution in [0.2, 0.25) is 0 Å². The first-order valence-corrected chi connectivity index (χ1v) is 4.03. The van der Waals surface area contributed by atoms with Crippen LogP contribution in [0.4, 0.5) is 0 Å². The highest BCUT2D eigenvalue weighted by atomic mass is 16.5. The van der Waals surface area contributed by atoms with Gasteiger partial charge in [0.15, 0.2) is 0 Å². The molecule has 1 fully saturated rings. The lowest BCUT2D eigenvalue weighted by Gasteiger charge is -2.34. The molecule has 0 aromatic carbocycles. The largest absolute Gasteiger partial charge is 0.326 e. The first kappa shape index (κ1) is 8.97. The van der Waals surface area contributed by atoms with Crippen molar-refractivity contribution in [1.82, 2.24) is 5.06 Å². The van der Waals surface area contributed by atoms with Crippen LogP contribution in [0.5, 0.6) is 0 Å². The Labute approximate surface area is 68.1 Å². The van der Waals surface area contributed by atoms with Crippen LogP contribution in [0.15, 0.2) is 0 Å². The predicted octanol–water partition coefficient (Wildman–Crippen LogP) is 0.966. The average molecular weight is 158 g/mol. The van der Waals surface area contributed by atoms with Crippen LogP contribution in [0.3, 0.4) is 0 Å². The molecule has 1 aliphatic heterocycles. The van der Waals surface area contributed by atoms with Gasteiger partial charge in [0.1, 0.15) is 0 Å². The van der Waals surface area contributed by atoms with Crippen LogP contribution in [-0.4, -0.2) is 27.4 Å². The summed E-state index contributed by atoms with van der Waals surface area (Å²) < 4.78 is 0. The molecule has 0 aromatic heterocycles. The number of hydrogen-bond donors (Lipinski definition) is 2. The maximum Gasteiger partial charge on any atom is 0.0561 e. The third kappa shape index (κ3) is 1.17. The van der Waals surface area contributed by atoms with E-state index in [1.54, 1.807) is 0 Å². The van der Waals surface area contributed by atoms with Crippen molar-refractivity contribution in [3.8, 4) is 0 Å². The molecule has 0 saturated carbocycles. The normalized spacial score (nSPS) is 36.0. The predicted molar refractivity (Wildman–Crippen MR) is 44.4 cm³/mol. The monoisotopic (exact) mass is 158 g/mol. The van der Waals surface area contributed by atoms with E-state index >= 15 is 0 Å². The van der Waals surface area contributed by atoms with Crippen molar-refractivity contribution in [3.05, 3.63) is 0 Å². The second kappa shape index (κ2) is 2.19. The van der Waals surface area contributed by atoms with Crippen LogP contribution < -0.4 is 5.73 Å². The van der Waals surface area contributed by atoms with Crippen molar-refractivity contribution >= 4 is 0 Å². The summed E-state index contributed by atoms with van der Waals surface area (Å²) in [6, 6.07) is 0.0579. The fourth-order valence-electron chi connectivity index (χ4n) is 1.81. The second-order valence-electron chi connectivity index (χ2n) is 4.59. The minimum absolute atomic E-state index is 0.0579. The van der Waals surface area contributed by atoms with Gasteiger partial charge in [0.25, 0.3) is 0 Å². The van der Waals surface area contributed by atoms with E-state index in [-0.39, 0.29) is 17.1 Å². The van der Waals surface area contributed by atoms with Crippen molar-refractivity contribution in [2.45, 2.75) is 51.2 Å². The van der Waals surface area contributed by atoms with E-state index < -0.39 is 0 Å². The average Bonchev–Trinajstić information content (AvgIpc) is 1.94. The van der Waals surface area contributed by atoms with E-state index in [2.05, 4.69) is 0 Å². The van der Waals surface area contributed by atoms with Crippen molar-refractivity contribution in [2.75, 3.05) is 0 Å². The van der Waals surface area contributed by atoms with Gasteiger partial charge in [0.2, 0.25) is 0 Å². The molecule has 1 unspecified atom stereocenters. The standard InChI is InChI=1S/C8H18N2O/c1-7(2)5-6(9)8(3,4)10(7)11/h6,11H,5,9H2,1-4H3. The lowest BCUT2D eigenvalue weighted by molar-refractivity contribution is -0.193. The van der Waals surface area contributed by atoms with Crippen LogP contribution in [0, 0.1) is 0 Å². The fourth-order valence-corrected chi connectivity index (χ4v) is 1.81. The van der Waals surface area contributed by atoms with Gasteiger partial charge in [-0.25, -0.2) is 0 Å². The minimum atomic E-state index is -0.288. The Kier molecular flexibility index (Phi) is 1.78. The van der Waals surface area contributed by atoms with Gasteiger partial charge in [-0.1, -0.05) is 0 Å². The molecule has 3 N–H and O–H groups in total. The summed E-state index contributed by atoms with van der Waals surface area (Å²) in [7, 11) is 0. The highest BCUT2D eigenvalue weighted by Gasteiger charge is 2.49. The van der Waals surface area contributed by atoms with Gasteiger partial charge in [-0.3, -0.25) is 0 Å². The van der Waals surface area contributed by atoms with E-state index in [0.717, 1.165) is 6.42 Å². The molecule has 11 heavy (non-hydrogen) atoms. The van der Waals surface area contributed by atoms with Crippen LogP contribution in [0.25, 0.3) is 0 Å². The smallest absolute Gasteiger partial charge is 0.0561 e. The minimum Gasteiger partial charge on any atom is -0.326 e. The van der Waals surface area contributed by atoms with Crippen molar-refractivity contribution in [3.63, 3.8) is 0 Å². The summed E-state index contributed by atoms with van der Waals surface area (Å²) in [6.45, 7) is 7.93. The Hall–Kier alpha value is -0.120. The molecule has 1 heterocycles. The number of hydrogen-bond acceptors (Lipinski definition) is 3. The zero-order valence-electron chi connectivity index (χ0n) is 7.76. The first-order valence-electron chi connectivity index (χ1n) is 4.03. The summed E-state index contributed by atoms with van der Waals surface area (Å²) in [5.74, 6) is 0. The highest BCUT2D eigenvalue weighted by molar-refractivity contribution is 5.04. The Morgan fingerprint density at radius 1 is 1.36 bits per heavy atom. The summed E-state index contributed by atoms with van der Waals surface area (Å²) in [5, 5.41) is 11.1. The summed E-state index contributed by atoms with van der Waals surface area (Å²) in [6.07, 6.45) is 0.844. The van der Waals surface area contributed by atoms with Crippen LogP contribution in [-0.2, 0) is 0 Å². The molecule has 1 rings (SSSR count). The van der Waals surface area contributed by atoms with Crippen LogP contribution in [0.1, 0.15) is 34.1 Å². The third-order valence-electron chi connectivity index (χ3n) is 2.75. The van der Waals surface area contributed by atoms with Crippen molar-refractivity contribution in [1.29, 1.82) is 0 Å². The summed E-state index contributed by atoms with van der Waals surface area (Å²) in [5.41, 5.74) is 5.41.